The second-order valence-electron chi connectivity index (χ2n) is 7.92. The molecule has 0 radical (unpaired) electrons. The fourth-order valence-electron chi connectivity index (χ4n) is 4.00. The minimum atomic E-state index is -0.296. The lowest BCUT2D eigenvalue weighted by Crippen LogP contribution is -2.28. The zero-order valence-corrected chi connectivity index (χ0v) is 18.9. The van der Waals surface area contributed by atoms with Gasteiger partial charge in [-0.25, -0.2) is 4.39 Å². The van der Waals surface area contributed by atoms with Crippen molar-refractivity contribution in [1.29, 1.82) is 0 Å². The van der Waals surface area contributed by atoms with Crippen LogP contribution in [0.1, 0.15) is 57.7 Å². The Morgan fingerprint density at radius 2 is 1.91 bits per heavy atom. The minimum absolute atomic E-state index is 0.263. The molecule has 1 aliphatic heterocycles. The summed E-state index contributed by atoms with van der Waals surface area (Å²) in [5.74, 6) is 0.297. The molecule has 0 bridgehead atoms. The van der Waals surface area contributed by atoms with Crippen LogP contribution in [0, 0.1) is 5.82 Å². The van der Waals surface area contributed by atoms with E-state index in [0.29, 0.717) is 24.1 Å². The molecular formula is C24H27FN4O2S. The number of hydrogen-bond acceptors (Lipinski definition) is 6. The third-order valence-corrected chi connectivity index (χ3v) is 6.64. The van der Waals surface area contributed by atoms with Gasteiger partial charge in [0.05, 0.1) is 13.7 Å². The molecule has 168 valence electrons. The number of carbonyl (C=O) groups excluding carboxylic acids is 1. The van der Waals surface area contributed by atoms with Gasteiger partial charge in [-0.15, -0.1) is 10.2 Å². The quantitative estimate of drug-likeness (QED) is 0.559. The van der Waals surface area contributed by atoms with Gasteiger partial charge in [0.1, 0.15) is 16.6 Å². The number of nitrogens with zero attached hydrogens (tertiary/aromatic N) is 3. The number of aromatic nitrogens is 2. The Balaban J connectivity index is 1.40. The van der Waals surface area contributed by atoms with Gasteiger partial charge in [0.25, 0.3) is 5.91 Å². The van der Waals surface area contributed by atoms with E-state index < -0.39 is 0 Å². The summed E-state index contributed by atoms with van der Waals surface area (Å²) in [7, 11) is 1.68. The van der Waals surface area contributed by atoms with Gasteiger partial charge < -0.3 is 10.1 Å². The summed E-state index contributed by atoms with van der Waals surface area (Å²) < 4.78 is 18.3. The topological polar surface area (TPSA) is 67.3 Å². The number of nitrogens with one attached hydrogen (secondary N) is 1. The average Bonchev–Trinajstić information content (AvgIpc) is 3.17. The van der Waals surface area contributed by atoms with E-state index in [2.05, 4.69) is 32.5 Å². The molecule has 1 fully saturated rings. The third kappa shape index (κ3) is 5.69. The molecule has 1 aromatic heterocycles. The number of methoxy groups -OCH3 is 1. The van der Waals surface area contributed by atoms with E-state index in [-0.39, 0.29) is 11.7 Å². The number of hydrogen-bond donors (Lipinski definition) is 1. The molecule has 3 aromatic rings. The fraction of sp³-hybridized carbons (Fsp3) is 0.375. The van der Waals surface area contributed by atoms with Crippen molar-refractivity contribution in [2.75, 3.05) is 13.7 Å². The van der Waals surface area contributed by atoms with Gasteiger partial charge in [-0.05, 0) is 54.8 Å². The van der Waals surface area contributed by atoms with Crippen LogP contribution < -0.4 is 10.1 Å². The van der Waals surface area contributed by atoms with E-state index in [1.165, 1.54) is 41.9 Å². The van der Waals surface area contributed by atoms with Crippen LogP contribution in [-0.4, -0.2) is 34.7 Å². The fourth-order valence-corrected chi connectivity index (χ4v) is 4.79. The van der Waals surface area contributed by atoms with Crippen molar-refractivity contribution in [3.8, 4) is 5.75 Å². The van der Waals surface area contributed by atoms with Crippen LogP contribution in [0.25, 0.3) is 0 Å². The van der Waals surface area contributed by atoms with Crippen LogP contribution >= 0.6 is 11.3 Å². The number of rotatable bonds is 7. The van der Waals surface area contributed by atoms with Crippen molar-refractivity contribution in [1.82, 2.24) is 20.4 Å². The van der Waals surface area contributed by atoms with Gasteiger partial charge in [-0.2, -0.15) is 0 Å². The predicted molar refractivity (Wildman–Crippen MR) is 122 cm³/mol. The number of likely N-dealkylation sites (tertiary alicyclic amines) is 1. The molecule has 1 atom stereocenters. The van der Waals surface area contributed by atoms with Crippen molar-refractivity contribution in [3.63, 3.8) is 0 Å². The van der Waals surface area contributed by atoms with Gasteiger partial charge in [0.15, 0.2) is 0 Å². The summed E-state index contributed by atoms with van der Waals surface area (Å²) in [5.41, 5.74) is 2.10. The van der Waals surface area contributed by atoms with Crippen LogP contribution in [0.3, 0.4) is 0 Å². The lowest BCUT2D eigenvalue weighted by Gasteiger charge is -2.29. The molecule has 0 spiro atoms. The lowest BCUT2D eigenvalue weighted by atomic mass is 10.0. The zero-order chi connectivity index (χ0) is 22.3. The normalized spacial score (nSPS) is 17.0. The monoisotopic (exact) mass is 454 g/mol. The van der Waals surface area contributed by atoms with Gasteiger partial charge in [-0.3, -0.25) is 9.69 Å². The van der Waals surface area contributed by atoms with Gasteiger partial charge >= 0.3 is 0 Å². The van der Waals surface area contributed by atoms with Crippen molar-refractivity contribution in [2.24, 2.45) is 0 Å². The van der Waals surface area contributed by atoms with Crippen LogP contribution in [0.15, 0.2) is 48.5 Å². The molecule has 2 aromatic carbocycles. The SMILES string of the molecule is COc1ccc(C2CCCCCN2Cc2nnc(C(=O)NCc3ccc(F)cc3)s2)cc1. The van der Waals surface area contributed by atoms with E-state index in [0.717, 1.165) is 35.7 Å². The molecule has 1 unspecified atom stereocenters. The standard InChI is InChI=1S/C24H27FN4O2S/c1-31-20-12-8-18(9-13-20)21-5-3-2-4-14-29(21)16-22-27-28-24(32-22)23(30)26-15-17-6-10-19(25)11-7-17/h6-13,21H,2-5,14-16H2,1H3,(H,26,30). The summed E-state index contributed by atoms with van der Waals surface area (Å²) in [6, 6.07) is 14.7. The first-order chi connectivity index (χ1) is 15.6. The Hall–Kier alpha value is -2.84. The van der Waals surface area contributed by atoms with Crippen molar-refractivity contribution < 1.29 is 13.9 Å². The highest BCUT2D eigenvalue weighted by molar-refractivity contribution is 7.13. The first-order valence-corrected chi connectivity index (χ1v) is 11.7. The van der Waals surface area contributed by atoms with Crippen LogP contribution in [0.4, 0.5) is 4.39 Å². The summed E-state index contributed by atoms with van der Waals surface area (Å²) in [4.78, 5) is 14.9. The Kier molecular flexibility index (Phi) is 7.44. The molecule has 0 saturated carbocycles. The number of benzene rings is 2. The molecule has 1 aliphatic rings. The molecule has 2 heterocycles. The lowest BCUT2D eigenvalue weighted by molar-refractivity contribution is 0.0950. The molecule has 4 rings (SSSR count). The van der Waals surface area contributed by atoms with Crippen LogP contribution in [0.2, 0.25) is 0 Å². The second-order valence-corrected chi connectivity index (χ2v) is 8.98. The van der Waals surface area contributed by atoms with Crippen molar-refractivity contribution in [3.05, 3.63) is 75.5 Å². The average molecular weight is 455 g/mol. The summed E-state index contributed by atoms with van der Waals surface area (Å²) in [6.45, 7) is 1.97. The van der Waals surface area contributed by atoms with Crippen LogP contribution in [-0.2, 0) is 13.1 Å². The predicted octanol–water partition coefficient (Wildman–Crippen LogP) is 4.73. The van der Waals surface area contributed by atoms with E-state index in [1.54, 1.807) is 19.2 Å². The molecule has 1 N–H and O–H groups in total. The van der Waals surface area contributed by atoms with E-state index in [9.17, 15) is 9.18 Å². The molecule has 1 saturated heterocycles. The first-order valence-electron chi connectivity index (χ1n) is 10.9. The largest absolute Gasteiger partial charge is 0.497 e. The summed E-state index contributed by atoms with van der Waals surface area (Å²) in [6.07, 6.45) is 4.66. The maximum atomic E-state index is 13.0. The Morgan fingerprint density at radius 3 is 2.66 bits per heavy atom. The number of amides is 1. The Morgan fingerprint density at radius 1 is 1.12 bits per heavy atom. The summed E-state index contributed by atoms with van der Waals surface area (Å²) >= 11 is 1.33. The number of carbonyl (C=O) groups is 1. The first kappa shape index (κ1) is 22.4. The molecule has 32 heavy (non-hydrogen) atoms. The van der Waals surface area contributed by atoms with Gasteiger partial charge in [0.2, 0.25) is 5.01 Å². The van der Waals surface area contributed by atoms with Crippen LogP contribution in [0.5, 0.6) is 5.75 Å². The second kappa shape index (κ2) is 10.7. The smallest absolute Gasteiger partial charge is 0.282 e. The summed E-state index contributed by atoms with van der Waals surface area (Å²) in [5, 5.41) is 12.4. The molecule has 0 aliphatic carbocycles. The van der Waals surface area contributed by atoms with E-state index >= 15 is 0 Å². The maximum absolute atomic E-state index is 13.0. The number of halogens is 1. The highest BCUT2D eigenvalue weighted by atomic mass is 32.1. The highest BCUT2D eigenvalue weighted by Gasteiger charge is 2.24. The van der Waals surface area contributed by atoms with E-state index in [1.807, 2.05) is 12.1 Å². The molecule has 8 heteroatoms. The highest BCUT2D eigenvalue weighted by Crippen LogP contribution is 2.32. The molecule has 6 nitrogen and oxygen atoms in total. The van der Waals surface area contributed by atoms with E-state index in [4.69, 9.17) is 4.74 Å². The Bertz CT molecular complexity index is 1020. The third-order valence-electron chi connectivity index (χ3n) is 5.73. The Labute approximate surface area is 191 Å². The van der Waals surface area contributed by atoms with Gasteiger partial charge in [0, 0.05) is 12.6 Å². The minimum Gasteiger partial charge on any atom is -0.497 e. The van der Waals surface area contributed by atoms with Crippen molar-refractivity contribution in [2.45, 2.75) is 44.8 Å². The van der Waals surface area contributed by atoms with Crippen molar-refractivity contribution >= 4 is 17.2 Å². The zero-order valence-electron chi connectivity index (χ0n) is 18.1. The van der Waals surface area contributed by atoms with Gasteiger partial charge in [-0.1, -0.05) is 48.4 Å². The molecular weight excluding hydrogens is 427 g/mol. The molecule has 1 amide bonds. The maximum Gasteiger partial charge on any atom is 0.282 e. The number of ether oxygens (including phenoxy) is 1.